The van der Waals surface area contributed by atoms with Crippen LogP contribution in [0.15, 0.2) is 42.7 Å². The van der Waals surface area contributed by atoms with Crippen molar-refractivity contribution in [1.82, 2.24) is 24.5 Å². The molecule has 3 aromatic heterocycles. The lowest BCUT2D eigenvalue weighted by molar-refractivity contribution is -0.140. The van der Waals surface area contributed by atoms with Crippen molar-refractivity contribution in [2.75, 3.05) is 12.3 Å². The molecular weight excluding hydrogens is 506 g/mol. The highest BCUT2D eigenvalue weighted by molar-refractivity contribution is 6.00. The summed E-state index contributed by atoms with van der Waals surface area (Å²) in [4.78, 5) is 35.8. The van der Waals surface area contributed by atoms with Crippen molar-refractivity contribution in [1.29, 1.82) is 0 Å². The molecule has 0 saturated carbocycles. The molecule has 0 aliphatic carbocycles. The minimum Gasteiger partial charge on any atom is -0.387 e. The molecule has 3 atom stereocenters. The van der Waals surface area contributed by atoms with Crippen molar-refractivity contribution in [3.05, 3.63) is 65.6 Å². The Morgan fingerprint density at radius 2 is 1.74 bits per heavy atom. The number of nitrogens with zero attached hydrogens (tertiary/aromatic N) is 5. The van der Waals surface area contributed by atoms with E-state index in [1.165, 1.54) is 41.9 Å². The van der Waals surface area contributed by atoms with Crippen LogP contribution in [0.25, 0.3) is 28.0 Å². The number of hydrogen-bond acceptors (Lipinski definition) is 7. The van der Waals surface area contributed by atoms with Gasteiger partial charge >= 0.3 is 0 Å². The van der Waals surface area contributed by atoms with Crippen LogP contribution in [0.2, 0.25) is 0 Å². The molecule has 39 heavy (non-hydrogen) atoms. The average molecular weight is 535 g/mol. The number of carbonyl (C=O) groups is 2. The molecular formula is C28H28F2N6O3. The molecule has 0 bridgehead atoms. The van der Waals surface area contributed by atoms with E-state index in [-0.39, 0.29) is 52.3 Å². The van der Waals surface area contributed by atoms with Gasteiger partial charge in [-0.05, 0) is 51.8 Å². The van der Waals surface area contributed by atoms with E-state index in [2.05, 4.69) is 10.1 Å². The summed E-state index contributed by atoms with van der Waals surface area (Å²) in [7, 11) is 0. The fourth-order valence-corrected chi connectivity index (χ4v) is 5.71. The number of nitrogen functional groups attached to an aromatic ring is 1. The van der Waals surface area contributed by atoms with E-state index >= 15 is 0 Å². The molecule has 4 heterocycles. The number of anilines is 1. The molecule has 0 spiro atoms. The fourth-order valence-electron chi connectivity index (χ4n) is 5.71. The number of piperidine rings is 1. The van der Waals surface area contributed by atoms with Crippen LogP contribution >= 0.6 is 0 Å². The first kappa shape index (κ1) is 26.4. The van der Waals surface area contributed by atoms with Crippen LogP contribution < -0.4 is 5.73 Å². The van der Waals surface area contributed by atoms with Gasteiger partial charge in [-0.15, -0.1) is 0 Å². The monoisotopic (exact) mass is 534 g/mol. The summed E-state index contributed by atoms with van der Waals surface area (Å²) in [6.07, 6.45) is 4.11. The van der Waals surface area contributed by atoms with Crippen molar-refractivity contribution >= 4 is 23.2 Å². The van der Waals surface area contributed by atoms with Crippen LogP contribution in [-0.2, 0) is 4.79 Å². The van der Waals surface area contributed by atoms with Gasteiger partial charge in [0.05, 0.1) is 28.7 Å². The van der Waals surface area contributed by atoms with Gasteiger partial charge in [0.25, 0.3) is 0 Å². The van der Waals surface area contributed by atoms with Crippen LogP contribution in [0.3, 0.4) is 0 Å². The summed E-state index contributed by atoms with van der Waals surface area (Å²) in [5.41, 5.74) is 8.80. The molecule has 4 aromatic rings. The van der Waals surface area contributed by atoms with E-state index in [1.807, 2.05) is 13.8 Å². The highest BCUT2D eigenvalue weighted by atomic mass is 19.1. The number of aromatic nitrogens is 4. The summed E-state index contributed by atoms with van der Waals surface area (Å²) in [6.45, 7) is 4.67. The Kier molecular flexibility index (Phi) is 6.85. The SMILES string of the molecule is CC(=O)c1c(C2CC(C)N(C(=O)CO)[C@@H](C)C2)nc2c(-c3ccc(-c4c(F)cccc4F)nc3)cnn2c1N. The van der Waals surface area contributed by atoms with Crippen molar-refractivity contribution < 1.29 is 23.5 Å². The van der Waals surface area contributed by atoms with E-state index in [0.717, 1.165) is 0 Å². The highest BCUT2D eigenvalue weighted by Crippen LogP contribution is 2.38. The van der Waals surface area contributed by atoms with Crippen LogP contribution in [0.4, 0.5) is 14.6 Å². The number of pyridine rings is 1. The first-order valence-electron chi connectivity index (χ1n) is 12.6. The number of hydrogen-bond donors (Lipinski definition) is 2. The van der Waals surface area contributed by atoms with Gasteiger partial charge < -0.3 is 15.7 Å². The van der Waals surface area contributed by atoms with Crippen molar-refractivity contribution in [2.45, 2.75) is 51.6 Å². The predicted molar refractivity (Wildman–Crippen MR) is 141 cm³/mol. The largest absolute Gasteiger partial charge is 0.387 e. The molecule has 1 saturated heterocycles. The predicted octanol–water partition coefficient (Wildman–Crippen LogP) is 4.00. The summed E-state index contributed by atoms with van der Waals surface area (Å²) < 4.78 is 29.9. The number of carbonyl (C=O) groups excluding carboxylic acids is 2. The Hall–Kier alpha value is -4.25. The number of benzene rings is 1. The van der Waals surface area contributed by atoms with Gasteiger partial charge in [-0.2, -0.15) is 9.61 Å². The van der Waals surface area contributed by atoms with Gasteiger partial charge in [-0.1, -0.05) is 12.1 Å². The maximum absolute atomic E-state index is 14.3. The second-order valence-corrected chi connectivity index (χ2v) is 9.96. The van der Waals surface area contributed by atoms with Crippen molar-refractivity contribution in [3.8, 4) is 22.4 Å². The molecule has 1 fully saturated rings. The quantitative estimate of drug-likeness (QED) is 0.371. The number of rotatable bonds is 5. The smallest absolute Gasteiger partial charge is 0.248 e. The topological polar surface area (TPSA) is 127 Å². The molecule has 202 valence electrons. The number of aliphatic hydroxyl groups excluding tert-OH is 1. The maximum atomic E-state index is 14.3. The average Bonchev–Trinajstić information content (AvgIpc) is 3.32. The zero-order valence-electron chi connectivity index (χ0n) is 21.7. The number of likely N-dealkylation sites (tertiary alicyclic amines) is 1. The lowest BCUT2D eigenvalue weighted by Gasteiger charge is -2.42. The minimum atomic E-state index is -0.711. The number of nitrogens with two attached hydrogens (primary N) is 1. The second-order valence-electron chi connectivity index (χ2n) is 9.96. The molecule has 0 radical (unpaired) electrons. The summed E-state index contributed by atoms with van der Waals surface area (Å²) in [6, 6.07) is 6.46. The fraction of sp³-hybridized carbons (Fsp3) is 0.321. The summed E-state index contributed by atoms with van der Waals surface area (Å²) in [5, 5.41) is 13.7. The minimum absolute atomic E-state index is 0.144. The first-order chi connectivity index (χ1) is 18.6. The zero-order valence-corrected chi connectivity index (χ0v) is 21.7. The molecule has 11 heteroatoms. The molecule has 1 aromatic carbocycles. The van der Waals surface area contributed by atoms with Gasteiger partial charge in [0, 0.05) is 35.3 Å². The Bertz CT molecular complexity index is 1550. The summed E-state index contributed by atoms with van der Waals surface area (Å²) in [5.74, 6) is -2.03. The van der Waals surface area contributed by atoms with E-state index in [4.69, 9.17) is 10.7 Å². The lowest BCUT2D eigenvalue weighted by Crippen LogP contribution is -2.50. The third kappa shape index (κ3) is 4.52. The number of halogens is 2. The zero-order chi connectivity index (χ0) is 28.0. The molecule has 1 aliphatic heterocycles. The first-order valence-corrected chi connectivity index (χ1v) is 12.6. The Labute approximate surface area is 223 Å². The van der Waals surface area contributed by atoms with E-state index in [1.54, 1.807) is 17.2 Å². The van der Waals surface area contributed by atoms with Gasteiger partial charge in [0.1, 0.15) is 24.1 Å². The van der Waals surface area contributed by atoms with E-state index < -0.39 is 18.2 Å². The molecule has 9 nitrogen and oxygen atoms in total. The maximum Gasteiger partial charge on any atom is 0.248 e. The number of Topliss-reactive ketones (excluding diaryl/α,β-unsaturated/α-hetero) is 1. The van der Waals surface area contributed by atoms with Crippen LogP contribution in [-0.4, -0.2) is 60.0 Å². The van der Waals surface area contributed by atoms with Crippen molar-refractivity contribution in [2.24, 2.45) is 0 Å². The van der Waals surface area contributed by atoms with Crippen LogP contribution in [0.1, 0.15) is 55.6 Å². The van der Waals surface area contributed by atoms with Gasteiger partial charge in [0.15, 0.2) is 11.4 Å². The number of ketones is 1. The number of fused-ring (bicyclic) bond motifs is 1. The Morgan fingerprint density at radius 3 is 2.31 bits per heavy atom. The Balaban J connectivity index is 1.58. The molecule has 1 amide bonds. The summed E-state index contributed by atoms with van der Waals surface area (Å²) >= 11 is 0. The second kappa shape index (κ2) is 10.1. The number of amides is 1. The van der Waals surface area contributed by atoms with Gasteiger partial charge in [-0.3, -0.25) is 14.6 Å². The lowest BCUT2D eigenvalue weighted by atomic mass is 9.82. The van der Waals surface area contributed by atoms with Crippen LogP contribution in [0, 0.1) is 11.6 Å². The third-order valence-electron chi connectivity index (χ3n) is 7.37. The number of aliphatic hydroxyl groups is 1. The Morgan fingerprint density at radius 1 is 1.08 bits per heavy atom. The third-order valence-corrected chi connectivity index (χ3v) is 7.37. The van der Waals surface area contributed by atoms with Crippen molar-refractivity contribution in [3.63, 3.8) is 0 Å². The standard InChI is InChI=1S/C28H28F2N6O3/c1-14-9-18(10-15(2)35(14)23(39)13-37)26-24(16(3)38)27(31)36-28(34-26)19(12-33-36)17-7-8-22(32-11-17)25-20(29)5-4-6-21(25)30/h4-8,11-12,14-15,18,37H,9-10,13,31H2,1-3H3/t14-,15?,18?/m0/s1. The van der Waals surface area contributed by atoms with Gasteiger partial charge in [-0.25, -0.2) is 13.8 Å². The normalized spacial score (nSPS) is 19.4. The molecule has 5 rings (SSSR count). The molecule has 1 aliphatic rings. The van der Waals surface area contributed by atoms with Gasteiger partial charge in [0.2, 0.25) is 5.91 Å². The van der Waals surface area contributed by atoms with E-state index in [9.17, 15) is 23.5 Å². The molecule has 3 N–H and O–H groups in total. The molecule has 2 unspecified atom stereocenters. The highest BCUT2D eigenvalue weighted by Gasteiger charge is 2.37. The van der Waals surface area contributed by atoms with Crippen LogP contribution in [0.5, 0.6) is 0 Å². The van der Waals surface area contributed by atoms with E-state index in [0.29, 0.717) is 35.3 Å².